The van der Waals surface area contributed by atoms with Gasteiger partial charge in [-0.1, -0.05) is 11.6 Å². The lowest BCUT2D eigenvalue weighted by atomic mass is 9.98. The average Bonchev–Trinajstić information content (AvgIpc) is 3.17. The minimum Gasteiger partial charge on any atom is -0.495 e. The number of piperidine rings is 1. The van der Waals surface area contributed by atoms with Gasteiger partial charge in [0, 0.05) is 36.1 Å². The number of halogens is 2. The van der Waals surface area contributed by atoms with Gasteiger partial charge in [-0.15, -0.1) is 12.4 Å². The summed E-state index contributed by atoms with van der Waals surface area (Å²) < 4.78 is 5.35. The second kappa shape index (κ2) is 8.25. The van der Waals surface area contributed by atoms with Crippen LogP contribution in [-0.2, 0) is 9.59 Å². The van der Waals surface area contributed by atoms with E-state index in [-0.39, 0.29) is 42.6 Å². The Labute approximate surface area is 170 Å². The zero-order chi connectivity index (χ0) is 18.3. The van der Waals surface area contributed by atoms with Gasteiger partial charge in [0.25, 0.3) is 0 Å². The molecule has 8 heteroatoms. The summed E-state index contributed by atoms with van der Waals surface area (Å²) in [6.07, 6.45) is 4.57. The van der Waals surface area contributed by atoms with Gasteiger partial charge < -0.3 is 20.3 Å². The van der Waals surface area contributed by atoms with Crippen LogP contribution in [0.4, 0.5) is 5.69 Å². The van der Waals surface area contributed by atoms with Crippen molar-refractivity contribution in [2.45, 2.75) is 50.2 Å². The Morgan fingerprint density at radius 1 is 1.30 bits per heavy atom. The van der Waals surface area contributed by atoms with E-state index in [1.807, 2.05) is 0 Å². The van der Waals surface area contributed by atoms with Crippen LogP contribution in [0.25, 0.3) is 0 Å². The Balaban J connectivity index is 0.00000210. The molecule has 1 aromatic rings. The average molecular weight is 414 g/mol. The summed E-state index contributed by atoms with van der Waals surface area (Å²) in [6, 6.07) is 6.44. The molecule has 1 aromatic carbocycles. The smallest absolute Gasteiger partial charge is 0.227 e. The molecule has 2 amide bonds. The topological polar surface area (TPSA) is 70.7 Å². The molecule has 0 aliphatic carbocycles. The minimum absolute atomic E-state index is 0. The van der Waals surface area contributed by atoms with Gasteiger partial charge in [0.2, 0.25) is 11.8 Å². The number of amides is 2. The first-order chi connectivity index (χ1) is 12.5. The number of fused-ring (bicyclic) bond motifs is 2. The number of anilines is 1. The van der Waals surface area contributed by atoms with Gasteiger partial charge in [-0.2, -0.15) is 0 Å². The van der Waals surface area contributed by atoms with Gasteiger partial charge in [0.15, 0.2) is 0 Å². The molecule has 6 nitrogen and oxygen atoms in total. The van der Waals surface area contributed by atoms with Gasteiger partial charge in [-0.3, -0.25) is 9.59 Å². The summed E-state index contributed by atoms with van der Waals surface area (Å²) in [5.74, 6) is 0.154. The molecule has 0 spiro atoms. The van der Waals surface area contributed by atoms with E-state index in [0.29, 0.717) is 35.1 Å². The molecular weight excluding hydrogens is 389 g/mol. The Hall–Kier alpha value is -1.50. The van der Waals surface area contributed by atoms with E-state index in [2.05, 4.69) is 10.6 Å². The van der Waals surface area contributed by atoms with Gasteiger partial charge in [-0.25, -0.2) is 0 Å². The molecule has 0 saturated carbocycles. The maximum Gasteiger partial charge on any atom is 0.227 e. The highest BCUT2D eigenvalue weighted by Crippen LogP contribution is 2.35. The number of rotatable bonds is 4. The number of nitrogens with one attached hydrogen (secondary N) is 2. The molecule has 148 valence electrons. The van der Waals surface area contributed by atoms with Gasteiger partial charge in [-0.05, 0) is 43.9 Å². The van der Waals surface area contributed by atoms with E-state index in [9.17, 15) is 9.59 Å². The molecule has 3 heterocycles. The fourth-order valence-corrected chi connectivity index (χ4v) is 4.65. The lowest BCUT2D eigenvalue weighted by Crippen LogP contribution is -2.49. The molecule has 0 aromatic heterocycles. The van der Waals surface area contributed by atoms with Gasteiger partial charge >= 0.3 is 0 Å². The number of methoxy groups -OCH3 is 1. The van der Waals surface area contributed by atoms with Crippen LogP contribution < -0.4 is 20.3 Å². The predicted octanol–water partition coefficient (Wildman–Crippen LogP) is 2.52. The fourth-order valence-electron chi connectivity index (χ4n) is 4.48. The molecule has 3 aliphatic heterocycles. The van der Waals surface area contributed by atoms with Crippen molar-refractivity contribution < 1.29 is 14.3 Å². The molecule has 27 heavy (non-hydrogen) atoms. The van der Waals surface area contributed by atoms with Gasteiger partial charge in [0.05, 0.1) is 18.7 Å². The van der Waals surface area contributed by atoms with Crippen molar-refractivity contribution in [1.29, 1.82) is 0 Å². The molecule has 3 fully saturated rings. The first-order valence-corrected chi connectivity index (χ1v) is 9.61. The largest absolute Gasteiger partial charge is 0.495 e. The predicted molar refractivity (Wildman–Crippen MR) is 107 cm³/mol. The molecule has 3 atom stereocenters. The molecule has 3 aliphatic rings. The molecule has 0 radical (unpaired) electrons. The minimum atomic E-state index is -0.335. The number of hydrogen-bond acceptors (Lipinski definition) is 4. The van der Waals surface area contributed by atoms with E-state index in [1.165, 1.54) is 12.8 Å². The van der Waals surface area contributed by atoms with Crippen LogP contribution in [0.1, 0.15) is 32.1 Å². The highest BCUT2D eigenvalue weighted by Gasteiger charge is 2.39. The van der Waals surface area contributed by atoms with E-state index in [4.69, 9.17) is 16.3 Å². The maximum absolute atomic E-state index is 12.7. The van der Waals surface area contributed by atoms with E-state index < -0.39 is 0 Å². The normalized spacial score (nSPS) is 29.4. The SMILES string of the molecule is COc1ccc(Cl)cc1N1CC(C(=O)NC2CC3CCC(C2)N3)CC1=O.Cl. The quantitative estimate of drug-likeness (QED) is 0.795. The van der Waals surface area contributed by atoms with Crippen molar-refractivity contribution in [2.75, 3.05) is 18.6 Å². The van der Waals surface area contributed by atoms with E-state index in [0.717, 1.165) is 12.8 Å². The van der Waals surface area contributed by atoms with Crippen LogP contribution in [0, 0.1) is 5.92 Å². The Bertz CT molecular complexity index is 718. The summed E-state index contributed by atoms with van der Waals surface area (Å²) in [6.45, 7) is 0.360. The lowest BCUT2D eigenvalue weighted by molar-refractivity contribution is -0.127. The fraction of sp³-hybridized carbons (Fsp3) is 0.579. The second-order valence-electron chi connectivity index (χ2n) is 7.54. The monoisotopic (exact) mass is 413 g/mol. The Morgan fingerprint density at radius 2 is 2.00 bits per heavy atom. The van der Waals surface area contributed by atoms with Crippen molar-refractivity contribution in [3.63, 3.8) is 0 Å². The molecule has 3 unspecified atom stereocenters. The number of carbonyl (C=O) groups is 2. The summed E-state index contributed by atoms with van der Waals surface area (Å²) in [5.41, 5.74) is 0.625. The first-order valence-electron chi connectivity index (χ1n) is 9.24. The van der Waals surface area contributed by atoms with Crippen LogP contribution in [0.15, 0.2) is 18.2 Å². The molecule has 3 saturated heterocycles. The Morgan fingerprint density at radius 3 is 2.67 bits per heavy atom. The third kappa shape index (κ3) is 4.18. The van der Waals surface area contributed by atoms with Crippen molar-refractivity contribution in [3.8, 4) is 5.75 Å². The molecule has 2 N–H and O–H groups in total. The summed E-state index contributed by atoms with van der Waals surface area (Å²) in [7, 11) is 1.56. The third-order valence-corrected chi connectivity index (χ3v) is 5.98. The maximum atomic E-state index is 12.7. The van der Waals surface area contributed by atoms with Crippen LogP contribution in [0.2, 0.25) is 5.02 Å². The van der Waals surface area contributed by atoms with Crippen molar-refractivity contribution >= 4 is 41.5 Å². The van der Waals surface area contributed by atoms with Crippen LogP contribution in [-0.4, -0.2) is 43.6 Å². The van der Waals surface area contributed by atoms with Crippen molar-refractivity contribution in [3.05, 3.63) is 23.2 Å². The van der Waals surface area contributed by atoms with Crippen LogP contribution in [0.5, 0.6) is 5.75 Å². The zero-order valence-electron chi connectivity index (χ0n) is 15.2. The number of nitrogens with zero attached hydrogens (tertiary/aromatic N) is 1. The van der Waals surface area contributed by atoms with Crippen molar-refractivity contribution in [2.24, 2.45) is 5.92 Å². The highest BCUT2D eigenvalue weighted by molar-refractivity contribution is 6.31. The van der Waals surface area contributed by atoms with Crippen LogP contribution in [0.3, 0.4) is 0 Å². The number of ether oxygens (including phenoxy) is 1. The van der Waals surface area contributed by atoms with Gasteiger partial charge in [0.1, 0.15) is 5.75 Å². The number of hydrogen-bond donors (Lipinski definition) is 2. The zero-order valence-corrected chi connectivity index (χ0v) is 16.8. The molecule has 2 bridgehead atoms. The number of carbonyl (C=O) groups excluding carboxylic acids is 2. The van der Waals surface area contributed by atoms with Crippen LogP contribution >= 0.6 is 24.0 Å². The summed E-state index contributed by atoms with van der Waals surface area (Å²) >= 11 is 6.08. The lowest BCUT2D eigenvalue weighted by Gasteiger charge is -2.30. The first kappa shape index (κ1) is 20.2. The number of benzene rings is 1. The highest BCUT2D eigenvalue weighted by atomic mass is 35.5. The van der Waals surface area contributed by atoms with Crippen molar-refractivity contribution in [1.82, 2.24) is 10.6 Å². The summed E-state index contributed by atoms with van der Waals surface area (Å²) in [4.78, 5) is 26.8. The van der Waals surface area contributed by atoms with E-state index in [1.54, 1.807) is 30.2 Å². The standard InChI is InChI=1S/C19H24ClN3O3.ClH/c1-26-17-5-2-12(20)7-16(17)23-10-11(6-18(23)24)19(25)22-15-8-13-3-4-14(9-15)21-13;/h2,5,7,11,13-15,21H,3-4,6,8-10H2,1H3,(H,22,25);1H. The third-order valence-electron chi connectivity index (χ3n) is 5.75. The molecule has 4 rings (SSSR count). The Kier molecular flexibility index (Phi) is 6.18. The summed E-state index contributed by atoms with van der Waals surface area (Å²) in [5, 5.41) is 7.29. The van der Waals surface area contributed by atoms with E-state index >= 15 is 0 Å². The molecular formula is C19H25Cl2N3O3. The second-order valence-corrected chi connectivity index (χ2v) is 7.97.